The van der Waals surface area contributed by atoms with Gasteiger partial charge < -0.3 is 20.7 Å². The van der Waals surface area contributed by atoms with E-state index in [1.807, 2.05) is 25.9 Å². The van der Waals surface area contributed by atoms with Crippen LogP contribution in [0.1, 0.15) is 19.4 Å². The largest absolute Gasteiger partial charge is 0.409 e. The molecule has 0 saturated heterocycles. The summed E-state index contributed by atoms with van der Waals surface area (Å²) in [6.07, 6.45) is 0. The lowest BCUT2D eigenvalue weighted by atomic mass is 10.1. The molecule has 0 aliphatic rings. The topological polar surface area (TPSA) is 65.1 Å². The van der Waals surface area contributed by atoms with Gasteiger partial charge in [0.15, 0.2) is 5.84 Å². The predicted octanol–water partition coefficient (Wildman–Crippen LogP) is 1.70. The number of anilines is 1. The second-order valence-electron chi connectivity index (χ2n) is 5.05. The molecule has 5 nitrogen and oxygen atoms in total. The fraction of sp³-hybridized carbons (Fsp3) is 0.500. The van der Waals surface area contributed by atoms with Gasteiger partial charge in [-0.05, 0) is 46.1 Å². The van der Waals surface area contributed by atoms with Crippen molar-refractivity contribution < 1.29 is 9.60 Å². The third-order valence-corrected chi connectivity index (χ3v) is 3.16. The maximum absolute atomic E-state index is 14.2. The van der Waals surface area contributed by atoms with Crippen LogP contribution in [0, 0.1) is 5.82 Å². The van der Waals surface area contributed by atoms with Crippen molar-refractivity contribution in [1.82, 2.24) is 4.90 Å². The Labute approximate surface area is 119 Å². The average molecular weight is 282 g/mol. The summed E-state index contributed by atoms with van der Waals surface area (Å²) in [5.41, 5.74) is 6.35. The van der Waals surface area contributed by atoms with E-state index in [4.69, 9.17) is 10.9 Å². The van der Waals surface area contributed by atoms with E-state index in [0.717, 1.165) is 6.54 Å². The second kappa shape index (κ2) is 7.09. The van der Waals surface area contributed by atoms with Crippen molar-refractivity contribution in [3.8, 4) is 0 Å². The van der Waals surface area contributed by atoms with E-state index in [2.05, 4.69) is 17.0 Å². The smallest absolute Gasteiger partial charge is 0.170 e. The van der Waals surface area contributed by atoms with Crippen molar-refractivity contribution in [1.29, 1.82) is 0 Å². The molecule has 0 aromatic heterocycles. The Balaban J connectivity index is 3.05. The first kappa shape index (κ1) is 16.2. The highest BCUT2D eigenvalue weighted by Gasteiger charge is 2.17. The highest BCUT2D eigenvalue weighted by atomic mass is 19.1. The van der Waals surface area contributed by atoms with E-state index in [1.54, 1.807) is 12.1 Å². The van der Waals surface area contributed by atoms with Crippen LogP contribution in [0.3, 0.4) is 0 Å². The number of amidine groups is 1. The standard InChI is InChI=1S/C14H23FN4O/c1-5-19(10(2)9-18(3)4)13-7-6-11(8-12(13)15)14(16)17-20/h6-8,10,20H,5,9H2,1-4H3,(H2,16,17). The zero-order valence-electron chi connectivity index (χ0n) is 12.5. The third-order valence-electron chi connectivity index (χ3n) is 3.16. The molecule has 0 heterocycles. The van der Waals surface area contributed by atoms with E-state index >= 15 is 0 Å². The first-order chi connectivity index (χ1) is 9.40. The van der Waals surface area contributed by atoms with Crippen LogP contribution >= 0.6 is 0 Å². The SMILES string of the molecule is CCN(c1ccc(/C(N)=N/O)cc1F)C(C)CN(C)C. The van der Waals surface area contributed by atoms with Crippen molar-refractivity contribution in [2.75, 3.05) is 32.1 Å². The zero-order chi connectivity index (χ0) is 15.3. The van der Waals surface area contributed by atoms with E-state index in [9.17, 15) is 4.39 Å². The van der Waals surface area contributed by atoms with Gasteiger partial charge in [-0.15, -0.1) is 0 Å². The number of nitrogens with zero attached hydrogens (tertiary/aromatic N) is 3. The Bertz CT molecular complexity index is 476. The van der Waals surface area contributed by atoms with Crippen molar-refractivity contribution in [2.24, 2.45) is 10.9 Å². The number of nitrogens with two attached hydrogens (primary N) is 1. The van der Waals surface area contributed by atoms with Crippen LogP contribution in [-0.4, -0.2) is 49.2 Å². The third kappa shape index (κ3) is 3.84. The minimum absolute atomic E-state index is 0.0974. The molecule has 3 N–H and O–H groups in total. The van der Waals surface area contributed by atoms with Crippen LogP contribution in [0.4, 0.5) is 10.1 Å². The normalized spacial score (nSPS) is 13.6. The fourth-order valence-electron chi connectivity index (χ4n) is 2.30. The van der Waals surface area contributed by atoms with E-state index in [1.165, 1.54) is 6.07 Å². The van der Waals surface area contributed by atoms with Gasteiger partial charge in [0.05, 0.1) is 5.69 Å². The summed E-state index contributed by atoms with van der Waals surface area (Å²) in [6, 6.07) is 4.78. The van der Waals surface area contributed by atoms with E-state index < -0.39 is 0 Å². The van der Waals surface area contributed by atoms with Gasteiger partial charge in [0.2, 0.25) is 0 Å². The van der Waals surface area contributed by atoms with Gasteiger partial charge in [0.25, 0.3) is 0 Å². The first-order valence-electron chi connectivity index (χ1n) is 6.59. The van der Waals surface area contributed by atoms with Crippen molar-refractivity contribution in [2.45, 2.75) is 19.9 Å². The van der Waals surface area contributed by atoms with E-state index in [-0.39, 0.29) is 17.7 Å². The molecule has 0 fully saturated rings. The summed E-state index contributed by atoms with van der Waals surface area (Å²) < 4.78 is 14.2. The van der Waals surface area contributed by atoms with Crippen molar-refractivity contribution >= 4 is 11.5 Å². The maximum Gasteiger partial charge on any atom is 0.170 e. The van der Waals surface area contributed by atoms with Crippen LogP contribution in [0.25, 0.3) is 0 Å². The van der Waals surface area contributed by atoms with Crippen LogP contribution in [0.15, 0.2) is 23.4 Å². The highest BCUT2D eigenvalue weighted by Crippen LogP contribution is 2.22. The summed E-state index contributed by atoms with van der Waals surface area (Å²) in [7, 11) is 3.98. The lowest BCUT2D eigenvalue weighted by Gasteiger charge is -2.32. The Kier molecular flexibility index (Phi) is 5.76. The molecular weight excluding hydrogens is 259 g/mol. The Morgan fingerprint density at radius 1 is 1.45 bits per heavy atom. The molecule has 0 amide bonds. The molecule has 1 atom stereocenters. The molecule has 0 radical (unpaired) electrons. The summed E-state index contributed by atoms with van der Waals surface area (Å²) >= 11 is 0. The van der Waals surface area contributed by atoms with Gasteiger partial charge in [-0.3, -0.25) is 0 Å². The van der Waals surface area contributed by atoms with E-state index in [0.29, 0.717) is 17.8 Å². The molecule has 1 aromatic rings. The fourth-order valence-corrected chi connectivity index (χ4v) is 2.30. The summed E-state index contributed by atoms with van der Waals surface area (Å²) in [4.78, 5) is 4.06. The molecule has 0 spiro atoms. The lowest BCUT2D eigenvalue weighted by Crippen LogP contribution is -2.40. The Hall–Kier alpha value is -1.82. The second-order valence-corrected chi connectivity index (χ2v) is 5.05. The molecule has 20 heavy (non-hydrogen) atoms. The minimum atomic E-state index is -0.374. The lowest BCUT2D eigenvalue weighted by molar-refractivity contribution is 0.318. The summed E-state index contributed by atoms with van der Waals surface area (Å²) in [5.74, 6) is -0.471. The van der Waals surface area contributed by atoms with Crippen LogP contribution < -0.4 is 10.6 Å². The molecule has 0 aliphatic carbocycles. The van der Waals surface area contributed by atoms with Crippen LogP contribution in [-0.2, 0) is 0 Å². The number of hydrogen-bond donors (Lipinski definition) is 2. The van der Waals surface area contributed by atoms with Gasteiger partial charge in [-0.25, -0.2) is 4.39 Å². The molecule has 0 aliphatic heterocycles. The average Bonchev–Trinajstić information content (AvgIpc) is 2.39. The number of hydrogen-bond acceptors (Lipinski definition) is 4. The molecule has 6 heteroatoms. The van der Waals surface area contributed by atoms with Gasteiger partial charge >= 0.3 is 0 Å². The monoisotopic (exact) mass is 282 g/mol. The van der Waals surface area contributed by atoms with Crippen molar-refractivity contribution in [3.05, 3.63) is 29.6 Å². The highest BCUT2D eigenvalue weighted by molar-refractivity contribution is 5.97. The van der Waals surface area contributed by atoms with Crippen LogP contribution in [0.5, 0.6) is 0 Å². The van der Waals surface area contributed by atoms with Crippen LogP contribution in [0.2, 0.25) is 0 Å². The summed E-state index contributed by atoms with van der Waals surface area (Å²) in [6.45, 7) is 5.58. The number of oxime groups is 1. The molecule has 1 rings (SSSR count). The molecule has 0 saturated carbocycles. The van der Waals surface area contributed by atoms with Gasteiger partial charge in [0, 0.05) is 24.7 Å². The van der Waals surface area contributed by atoms with Crippen molar-refractivity contribution in [3.63, 3.8) is 0 Å². The minimum Gasteiger partial charge on any atom is -0.409 e. The molecule has 0 bridgehead atoms. The number of benzene rings is 1. The number of likely N-dealkylation sites (N-methyl/N-ethyl adjacent to an activating group) is 2. The Morgan fingerprint density at radius 2 is 2.10 bits per heavy atom. The van der Waals surface area contributed by atoms with Gasteiger partial charge in [0.1, 0.15) is 5.82 Å². The van der Waals surface area contributed by atoms with Gasteiger partial charge in [-0.2, -0.15) is 0 Å². The maximum atomic E-state index is 14.2. The molecular formula is C14H23FN4O. The molecule has 1 unspecified atom stereocenters. The first-order valence-corrected chi connectivity index (χ1v) is 6.59. The summed E-state index contributed by atoms with van der Waals surface area (Å²) in [5, 5.41) is 11.5. The number of rotatable bonds is 6. The number of halogens is 1. The van der Waals surface area contributed by atoms with Gasteiger partial charge in [-0.1, -0.05) is 5.16 Å². The predicted molar refractivity (Wildman–Crippen MR) is 79.9 cm³/mol. The zero-order valence-corrected chi connectivity index (χ0v) is 12.5. The Morgan fingerprint density at radius 3 is 2.55 bits per heavy atom. The molecule has 112 valence electrons. The quantitative estimate of drug-likeness (QED) is 0.361. The molecule has 1 aromatic carbocycles.